The van der Waals surface area contributed by atoms with Gasteiger partial charge >= 0.3 is 12.2 Å². The second-order valence-corrected chi connectivity index (χ2v) is 12.9. The molecule has 3 aromatic rings. The van der Waals surface area contributed by atoms with Gasteiger partial charge in [0.1, 0.15) is 17.0 Å². The van der Waals surface area contributed by atoms with Gasteiger partial charge in [0.15, 0.2) is 0 Å². The van der Waals surface area contributed by atoms with Crippen molar-refractivity contribution in [3.63, 3.8) is 0 Å². The number of hydrogen-bond acceptors (Lipinski definition) is 7. The summed E-state index contributed by atoms with van der Waals surface area (Å²) in [6.45, 7) is 12.2. The maximum Gasteiger partial charge on any atom is 0.435 e. The van der Waals surface area contributed by atoms with Crippen LogP contribution in [0.5, 0.6) is 0 Å². The van der Waals surface area contributed by atoms with Crippen molar-refractivity contribution >= 4 is 44.6 Å². The molecule has 0 bridgehead atoms. The molecule has 0 spiro atoms. The standard InChI is InChI=1S/C29H36N4O6S/c1-19-11-16-22(17-12-19)40(36,37)33-23-10-8-9-20-13-14-21(30-25(20)23)15-18-24(31-26(34)38-28(2,3)4)32-27(35)39-29(5,6)7/h8-14,16-17,33H,15,18H2,1-7H3,(H,31,32,34,35). The summed E-state index contributed by atoms with van der Waals surface area (Å²) in [6, 6.07) is 15.4. The van der Waals surface area contributed by atoms with E-state index in [0.717, 1.165) is 10.9 Å². The number of aliphatic imine (C=N–C) groups is 1. The molecule has 2 N–H and O–H groups in total. The second-order valence-electron chi connectivity index (χ2n) is 11.3. The summed E-state index contributed by atoms with van der Waals surface area (Å²) in [5, 5.41) is 3.27. The van der Waals surface area contributed by atoms with Crippen LogP contribution < -0.4 is 10.0 Å². The first-order valence-electron chi connectivity index (χ1n) is 12.8. The molecule has 214 valence electrons. The predicted molar refractivity (Wildman–Crippen MR) is 155 cm³/mol. The maximum absolute atomic E-state index is 13.0. The number of fused-ring (bicyclic) bond motifs is 1. The lowest BCUT2D eigenvalue weighted by Crippen LogP contribution is -2.37. The Labute approximate surface area is 235 Å². The van der Waals surface area contributed by atoms with Crippen molar-refractivity contribution in [2.45, 2.75) is 77.4 Å². The van der Waals surface area contributed by atoms with Crippen molar-refractivity contribution in [3.05, 3.63) is 65.9 Å². The Morgan fingerprint density at radius 3 is 2.17 bits per heavy atom. The van der Waals surface area contributed by atoms with E-state index in [1.165, 1.54) is 0 Å². The highest BCUT2D eigenvalue weighted by Gasteiger charge is 2.21. The monoisotopic (exact) mass is 568 g/mol. The highest BCUT2D eigenvalue weighted by atomic mass is 32.2. The molecule has 10 nitrogen and oxygen atoms in total. The Hall–Kier alpha value is -3.99. The number of amidine groups is 1. The molecule has 3 rings (SSSR count). The van der Waals surface area contributed by atoms with Gasteiger partial charge in [-0.25, -0.2) is 18.0 Å². The number of pyridine rings is 1. The summed E-state index contributed by atoms with van der Waals surface area (Å²) < 4.78 is 39.2. The first-order chi connectivity index (χ1) is 18.5. The second kappa shape index (κ2) is 12.0. The zero-order chi connectivity index (χ0) is 29.7. The third-order valence-electron chi connectivity index (χ3n) is 5.24. The van der Waals surface area contributed by atoms with Gasteiger partial charge in [-0.1, -0.05) is 35.9 Å². The summed E-state index contributed by atoms with van der Waals surface area (Å²) >= 11 is 0. The van der Waals surface area contributed by atoms with E-state index in [4.69, 9.17) is 9.47 Å². The molecule has 0 atom stereocenters. The van der Waals surface area contributed by atoms with Crippen LogP contribution in [0.3, 0.4) is 0 Å². The molecule has 2 amide bonds. The van der Waals surface area contributed by atoms with Gasteiger partial charge in [-0.05, 0) is 79.2 Å². The van der Waals surface area contributed by atoms with Crippen LogP contribution in [0.1, 0.15) is 59.2 Å². The molecule has 2 aromatic carbocycles. The van der Waals surface area contributed by atoms with Crippen LogP contribution in [0.25, 0.3) is 10.9 Å². The molecular formula is C29H36N4O6S. The molecule has 1 aromatic heterocycles. The number of alkyl carbamates (subject to hydrolysis) is 1. The molecule has 0 saturated heterocycles. The number of benzene rings is 2. The quantitative estimate of drug-likeness (QED) is 0.269. The van der Waals surface area contributed by atoms with E-state index in [-0.39, 0.29) is 23.6 Å². The average molecular weight is 569 g/mol. The molecule has 0 unspecified atom stereocenters. The fourth-order valence-electron chi connectivity index (χ4n) is 3.54. The van der Waals surface area contributed by atoms with Gasteiger partial charge in [-0.3, -0.25) is 15.0 Å². The fourth-order valence-corrected chi connectivity index (χ4v) is 4.61. The highest BCUT2D eigenvalue weighted by molar-refractivity contribution is 7.92. The number of nitrogens with zero attached hydrogens (tertiary/aromatic N) is 2. The molecule has 0 aliphatic rings. The van der Waals surface area contributed by atoms with Crippen molar-refractivity contribution in [3.8, 4) is 0 Å². The van der Waals surface area contributed by atoms with E-state index in [0.29, 0.717) is 16.9 Å². The number of anilines is 1. The van der Waals surface area contributed by atoms with E-state index >= 15 is 0 Å². The normalized spacial score (nSPS) is 12.6. The number of carbonyl (C=O) groups excluding carboxylic acids is 2. The lowest BCUT2D eigenvalue weighted by molar-refractivity contribution is 0.0561. The Bertz CT molecular complexity index is 1520. The zero-order valence-electron chi connectivity index (χ0n) is 23.9. The number of hydrogen-bond donors (Lipinski definition) is 2. The largest absolute Gasteiger partial charge is 0.444 e. The molecule has 0 aliphatic carbocycles. The van der Waals surface area contributed by atoms with Crippen LogP contribution in [-0.4, -0.2) is 42.6 Å². The first kappa shape index (κ1) is 30.6. The maximum atomic E-state index is 13.0. The fraction of sp³-hybridized carbons (Fsp3) is 0.379. The summed E-state index contributed by atoms with van der Waals surface area (Å²) in [6.07, 6.45) is -1.19. The number of aromatic nitrogens is 1. The summed E-state index contributed by atoms with van der Waals surface area (Å²) in [7, 11) is -3.84. The van der Waals surface area contributed by atoms with Gasteiger partial charge in [0.05, 0.1) is 16.1 Å². The van der Waals surface area contributed by atoms with Gasteiger partial charge in [-0.2, -0.15) is 4.99 Å². The number of amides is 2. The Kier molecular flexibility index (Phi) is 9.19. The van der Waals surface area contributed by atoms with Crippen LogP contribution in [0, 0.1) is 6.92 Å². The number of carbonyl (C=O) groups is 2. The van der Waals surface area contributed by atoms with Crippen LogP contribution in [0.15, 0.2) is 64.5 Å². The topological polar surface area (TPSA) is 136 Å². The minimum Gasteiger partial charge on any atom is -0.444 e. The van der Waals surface area contributed by atoms with Crippen molar-refractivity contribution in [2.24, 2.45) is 4.99 Å². The van der Waals surface area contributed by atoms with Crippen LogP contribution >= 0.6 is 0 Å². The lowest BCUT2D eigenvalue weighted by atomic mass is 10.1. The number of aryl methyl sites for hydroxylation is 2. The summed E-state index contributed by atoms with van der Waals surface area (Å²) in [5.41, 5.74) is 0.822. The van der Waals surface area contributed by atoms with E-state index in [1.54, 1.807) is 84.0 Å². The average Bonchev–Trinajstić information content (AvgIpc) is 2.80. The predicted octanol–water partition coefficient (Wildman–Crippen LogP) is 6.13. The summed E-state index contributed by atoms with van der Waals surface area (Å²) in [4.78, 5) is 33.5. The minimum absolute atomic E-state index is 0.0544. The molecule has 40 heavy (non-hydrogen) atoms. The van der Waals surface area contributed by atoms with Gasteiger partial charge in [0, 0.05) is 17.5 Å². The van der Waals surface area contributed by atoms with Gasteiger partial charge in [0.25, 0.3) is 10.0 Å². The van der Waals surface area contributed by atoms with Crippen molar-refractivity contribution in [1.29, 1.82) is 0 Å². The third-order valence-corrected chi connectivity index (χ3v) is 6.62. The van der Waals surface area contributed by atoms with E-state index in [1.807, 2.05) is 19.1 Å². The number of ether oxygens (including phenoxy) is 2. The van der Waals surface area contributed by atoms with Crippen molar-refractivity contribution in [2.75, 3.05) is 4.72 Å². The molecule has 0 aliphatic heterocycles. The number of nitrogens with one attached hydrogen (secondary N) is 2. The van der Waals surface area contributed by atoms with E-state index in [2.05, 4.69) is 20.0 Å². The van der Waals surface area contributed by atoms with Gasteiger partial charge in [-0.15, -0.1) is 0 Å². The number of para-hydroxylation sites is 1. The van der Waals surface area contributed by atoms with E-state index in [9.17, 15) is 18.0 Å². The smallest absolute Gasteiger partial charge is 0.435 e. The molecule has 11 heteroatoms. The van der Waals surface area contributed by atoms with Gasteiger partial charge in [0.2, 0.25) is 0 Å². The first-order valence-corrected chi connectivity index (χ1v) is 14.3. The summed E-state index contributed by atoms with van der Waals surface area (Å²) in [5.74, 6) is 0.0544. The lowest BCUT2D eigenvalue weighted by Gasteiger charge is -2.20. The highest BCUT2D eigenvalue weighted by Crippen LogP contribution is 2.25. The van der Waals surface area contributed by atoms with E-state index < -0.39 is 33.4 Å². The van der Waals surface area contributed by atoms with Crippen LogP contribution in [0.2, 0.25) is 0 Å². The van der Waals surface area contributed by atoms with Gasteiger partial charge < -0.3 is 9.47 Å². The van der Waals surface area contributed by atoms with Crippen molar-refractivity contribution in [1.82, 2.24) is 10.3 Å². The number of rotatable bonds is 6. The SMILES string of the molecule is Cc1ccc(S(=O)(=O)Nc2cccc3ccc(CCC(=NC(=O)OC(C)(C)C)NC(=O)OC(C)(C)C)nc23)cc1. The molecule has 0 radical (unpaired) electrons. The zero-order valence-corrected chi connectivity index (χ0v) is 24.7. The molecule has 0 fully saturated rings. The number of sulfonamides is 1. The van der Waals surface area contributed by atoms with Crippen molar-refractivity contribution < 1.29 is 27.5 Å². The molecule has 0 saturated carbocycles. The molecular weight excluding hydrogens is 532 g/mol. The molecule has 1 heterocycles. The Morgan fingerprint density at radius 1 is 0.900 bits per heavy atom. The third kappa shape index (κ3) is 9.33. The Morgan fingerprint density at radius 2 is 1.55 bits per heavy atom. The minimum atomic E-state index is -3.84. The van der Waals surface area contributed by atoms with Crippen LogP contribution in [-0.2, 0) is 25.9 Å². The Balaban J connectivity index is 1.85. The van der Waals surface area contributed by atoms with Crippen LogP contribution in [0.4, 0.5) is 15.3 Å².